The second kappa shape index (κ2) is 2.67. The van der Waals surface area contributed by atoms with Crippen molar-refractivity contribution in [1.82, 2.24) is 5.32 Å². The van der Waals surface area contributed by atoms with Gasteiger partial charge in [0.1, 0.15) is 0 Å². The highest BCUT2D eigenvalue weighted by Crippen LogP contribution is 2.10. The topological polar surface area (TPSA) is 76.0 Å². The summed E-state index contributed by atoms with van der Waals surface area (Å²) in [7, 11) is 0. The minimum atomic E-state index is -1.11. The highest BCUT2D eigenvalue weighted by Gasteiger charge is 2.23. The van der Waals surface area contributed by atoms with E-state index in [1.165, 1.54) is 0 Å². The van der Waals surface area contributed by atoms with E-state index in [1.54, 1.807) is 0 Å². The average Bonchev–Trinajstić information content (AvgIpc) is 2.34. The van der Waals surface area contributed by atoms with Crippen LogP contribution in [-0.2, 0) is 4.79 Å². The molecule has 1 aliphatic heterocycles. The number of carboxylic acid groups (broad SMARTS) is 1. The van der Waals surface area contributed by atoms with Crippen LogP contribution in [0, 0.1) is 11.3 Å². The molecule has 2 unspecified atom stereocenters. The van der Waals surface area contributed by atoms with Crippen molar-refractivity contribution in [2.75, 3.05) is 0 Å². The molecule has 1 rings (SSSR count). The Balaban J connectivity index is 2.45. The van der Waals surface area contributed by atoms with E-state index in [4.69, 9.17) is 5.26 Å². The number of carbonyl (C=O) groups excluding carboxylic acids is 1. The van der Waals surface area contributed by atoms with Crippen LogP contribution >= 0.6 is 0 Å². The van der Waals surface area contributed by atoms with E-state index in [0.717, 1.165) is 0 Å². The van der Waals surface area contributed by atoms with Crippen LogP contribution in [0.3, 0.4) is 0 Å². The summed E-state index contributed by atoms with van der Waals surface area (Å²) < 4.78 is 0. The first-order valence-corrected chi connectivity index (χ1v) is 3.10. The molecule has 0 aliphatic carbocycles. The number of nitrogens with zero attached hydrogens (tertiary/aromatic N) is 1. The van der Waals surface area contributed by atoms with Crippen molar-refractivity contribution in [3.8, 4) is 6.07 Å². The lowest BCUT2D eigenvalue weighted by atomic mass is 10.2. The maximum absolute atomic E-state index is 10.2. The molecule has 2 atom stereocenters. The summed E-state index contributed by atoms with van der Waals surface area (Å²) in [4.78, 5) is 10.2. The molecule has 0 radical (unpaired) electrons. The molecule has 0 amide bonds. The van der Waals surface area contributed by atoms with Crippen molar-refractivity contribution >= 4 is 5.97 Å². The number of rotatable bonds is 1. The zero-order valence-electron chi connectivity index (χ0n) is 5.33. The standard InChI is InChI=1S/C6H8N2O2/c7-3-4-1-2-5(8-4)6(9)10/h4-5,8H,1-2H2,(H,9,10)/p-1. The summed E-state index contributed by atoms with van der Waals surface area (Å²) in [6.45, 7) is 0. The Morgan fingerprint density at radius 1 is 1.70 bits per heavy atom. The van der Waals surface area contributed by atoms with Crippen molar-refractivity contribution in [1.29, 1.82) is 5.26 Å². The predicted octanol–water partition coefficient (Wildman–Crippen LogP) is -1.62. The number of nitriles is 1. The smallest absolute Gasteiger partial charge is 0.0958 e. The molecule has 4 nitrogen and oxygen atoms in total. The van der Waals surface area contributed by atoms with Gasteiger partial charge in [0.05, 0.1) is 18.1 Å². The monoisotopic (exact) mass is 139 g/mol. The van der Waals surface area contributed by atoms with Crippen molar-refractivity contribution in [3.05, 3.63) is 0 Å². The summed E-state index contributed by atoms with van der Waals surface area (Å²) in [6, 6.07) is 1.02. The van der Waals surface area contributed by atoms with E-state index < -0.39 is 12.0 Å². The number of aliphatic carboxylic acids is 1. The Labute approximate surface area is 58.5 Å². The van der Waals surface area contributed by atoms with E-state index in [1.807, 2.05) is 6.07 Å². The second-order valence-corrected chi connectivity index (χ2v) is 2.30. The maximum Gasteiger partial charge on any atom is 0.0958 e. The molecule has 0 bridgehead atoms. The van der Waals surface area contributed by atoms with Gasteiger partial charge < -0.3 is 9.90 Å². The Bertz CT molecular complexity index is 185. The normalized spacial score (nSPS) is 31.5. The molecule has 1 aliphatic rings. The molecule has 1 heterocycles. The summed E-state index contributed by atoms with van der Waals surface area (Å²) >= 11 is 0. The summed E-state index contributed by atoms with van der Waals surface area (Å²) in [5.41, 5.74) is 0. The minimum absolute atomic E-state index is 0.303. The Hall–Kier alpha value is -1.08. The van der Waals surface area contributed by atoms with Crippen LogP contribution in [0.1, 0.15) is 12.8 Å². The molecule has 54 valence electrons. The molecule has 0 saturated carbocycles. The van der Waals surface area contributed by atoms with Crippen LogP contribution in [0.15, 0.2) is 0 Å². The van der Waals surface area contributed by atoms with Gasteiger partial charge in [-0.2, -0.15) is 5.26 Å². The van der Waals surface area contributed by atoms with Crippen LogP contribution in [0.25, 0.3) is 0 Å². The molecule has 0 spiro atoms. The minimum Gasteiger partial charge on any atom is -0.548 e. The van der Waals surface area contributed by atoms with Crippen molar-refractivity contribution in [3.63, 3.8) is 0 Å². The SMILES string of the molecule is N#CC1CCC(C(=O)[O-])N1. The fourth-order valence-electron chi connectivity index (χ4n) is 1.03. The van der Waals surface area contributed by atoms with Crippen LogP contribution in [-0.4, -0.2) is 18.1 Å². The first kappa shape index (κ1) is 7.03. The summed E-state index contributed by atoms with van der Waals surface area (Å²) in [6.07, 6.45) is 1.11. The number of hydrogen-bond donors (Lipinski definition) is 1. The van der Waals surface area contributed by atoms with Gasteiger partial charge in [-0.05, 0) is 12.8 Å². The number of nitrogens with one attached hydrogen (secondary N) is 1. The van der Waals surface area contributed by atoms with Crippen LogP contribution in [0.4, 0.5) is 0 Å². The Morgan fingerprint density at radius 2 is 2.40 bits per heavy atom. The third-order valence-corrected chi connectivity index (χ3v) is 1.59. The fourth-order valence-corrected chi connectivity index (χ4v) is 1.03. The molecular weight excluding hydrogens is 132 g/mol. The first-order valence-electron chi connectivity index (χ1n) is 3.10. The maximum atomic E-state index is 10.2. The quantitative estimate of drug-likeness (QED) is 0.473. The van der Waals surface area contributed by atoms with Gasteiger partial charge in [0, 0.05) is 6.04 Å². The average molecular weight is 139 g/mol. The molecule has 0 aromatic rings. The number of hydrogen-bond acceptors (Lipinski definition) is 4. The van der Waals surface area contributed by atoms with Crippen LogP contribution < -0.4 is 10.4 Å². The predicted molar refractivity (Wildman–Crippen MR) is 30.6 cm³/mol. The van der Waals surface area contributed by atoms with E-state index in [0.29, 0.717) is 12.8 Å². The van der Waals surface area contributed by atoms with Crippen molar-refractivity contribution in [2.24, 2.45) is 0 Å². The van der Waals surface area contributed by atoms with Crippen molar-refractivity contribution < 1.29 is 9.90 Å². The molecule has 0 aromatic carbocycles. The highest BCUT2D eigenvalue weighted by molar-refractivity contribution is 5.71. The van der Waals surface area contributed by atoms with Gasteiger partial charge in [-0.15, -0.1) is 0 Å². The molecule has 4 heteroatoms. The van der Waals surface area contributed by atoms with Crippen molar-refractivity contribution in [2.45, 2.75) is 24.9 Å². The third-order valence-electron chi connectivity index (χ3n) is 1.59. The van der Waals surface area contributed by atoms with E-state index in [-0.39, 0.29) is 6.04 Å². The van der Waals surface area contributed by atoms with Gasteiger partial charge in [-0.1, -0.05) is 0 Å². The van der Waals surface area contributed by atoms with Gasteiger partial charge in [0.25, 0.3) is 0 Å². The van der Waals surface area contributed by atoms with Crippen LogP contribution in [0.2, 0.25) is 0 Å². The lowest BCUT2D eigenvalue weighted by Gasteiger charge is -2.10. The van der Waals surface area contributed by atoms with Gasteiger partial charge >= 0.3 is 0 Å². The lowest BCUT2D eigenvalue weighted by molar-refractivity contribution is -0.308. The van der Waals surface area contributed by atoms with E-state index in [2.05, 4.69) is 5.32 Å². The van der Waals surface area contributed by atoms with E-state index in [9.17, 15) is 9.90 Å². The third kappa shape index (κ3) is 1.25. The second-order valence-electron chi connectivity index (χ2n) is 2.30. The largest absolute Gasteiger partial charge is 0.548 e. The first-order chi connectivity index (χ1) is 4.74. The number of carboxylic acids is 1. The van der Waals surface area contributed by atoms with Gasteiger partial charge in [0.2, 0.25) is 0 Å². The summed E-state index contributed by atoms with van der Waals surface area (Å²) in [5, 5.41) is 21.1. The Morgan fingerprint density at radius 3 is 2.70 bits per heavy atom. The highest BCUT2D eigenvalue weighted by atomic mass is 16.4. The molecule has 10 heavy (non-hydrogen) atoms. The number of carbonyl (C=O) groups is 1. The zero-order valence-corrected chi connectivity index (χ0v) is 5.33. The zero-order chi connectivity index (χ0) is 7.56. The molecule has 1 fully saturated rings. The molecule has 1 N–H and O–H groups in total. The molecular formula is C6H7N2O2-. The Kier molecular flexibility index (Phi) is 1.88. The lowest BCUT2D eigenvalue weighted by Crippen LogP contribution is -2.43. The van der Waals surface area contributed by atoms with Crippen LogP contribution in [0.5, 0.6) is 0 Å². The summed E-state index contributed by atoms with van der Waals surface area (Å²) in [5.74, 6) is -1.11. The molecule has 1 saturated heterocycles. The van der Waals surface area contributed by atoms with Gasteiger partial charge in [-0.3, -0.25) is 5.32 Å². The van der Waals surface area contributed by atoms with Gasteiger partial charge in [-0.25, -0.2) is 0 Å². The van der Waals surface area contributed by atoms with E-state index >= 15 is 0 Å². The fraction of sp³-hybridized carbons (Fsp3) is 0.667. The van der Waals surface area contributed by atoms with Gasteiger partial charge in [0.15, 0.2) is 0 Å². The molecule has 0 aromatic heterocycles.